The molecular formula is C43H57FN11O10S2+. The quantitative estimate of drug-likeness (QED) is 0.0342. The molecule has 5 rings (SSSR count). The van der Waals surface area contributed by atoms with Gasteiger partial charge in [0.1, 0.15) is 52.9 Å². The number of nitrogens with two attached hydrogens (primary N) is 1. The first-order valence-electron chi connectivity index (χ1n) is 20.9. The number of alkyl halides is 1. The summed E-state index contributed by atoms with van der Waals surface area (Å²) in [6.45, 7) is 9.41. The Morgan fingerprint density at radius 1 is 1.03 bits per heavy atom. The van der Waals surface area contributed by atoms with Gasteiger partial charge in [-0.3, -0.25) is 19.4 Å². The molecule has 1 saturated heterocycles. The summed E-state index contributed by atoms with van der Waals surface area (Å²) >= 11 is 2.05. The normalized spacial score (nSPS) is 16.2. The number of thioether (sulfide) groups is 1. The second kappa shape index (κ2) is 22.3. The first-order chi connectivity index (χ1) is 31.6. The molecule has 0 spiro atoms. The van der Waals surface area contributed by atoms with Crippen molar-refractivity contribution >= 4 is 82.0 Å². The highest BCUT2D eigenvalue weighted by molar-refractivity contribution is 8.00. The molecule has 0 bridgehead atoms. The number of nitrogens with one attached hydrogen (secondary N) is 1. The third kappa shape index (κ3) is 13.7. The van der Waals surface area contributed by atoms with Crippen LogP contribution in [-0.2, 0) is 46.6 Å². The maximum atomic E-state index is 14.3. The van der Waals surface area contributed by atoms with E-state index in [0.29, 0.717) is 34.8 Å². The van der Waals surface area contributed by atoms with Crippen LogP contribution in [0.2, 0.25) is 0 Å². The fraction of sp³-hybridized carbons (Fsp3) is 0.488. The Kier molecular flexibility index (Phi) is 17.1. The number of hydrogen-bond acceptors (Lipinski definition) is 17. The van der Waals surface area contributed by atoms with Crippen LogP contribution in [0, 0.1) is 0 Å². The molecule has 24 heteroatoms. The van der Waals surface area contributed by atoms with E-state index in [4.69, 9.17) is 29.7 Å². The molecule has 2 aliphatic rings. The Hall–Kier alpha value is -6.56. The van der Waals surface area contributed by atoms with Gasteiger partial charge in [-0.2, -0.15) is 9.36 Å². The number of halogens is 1. The Bertz CT molecular complexity index is 2380. The molecule has 362 valence electrons. The van der Waals surface area contributed by atoms with Crippen LogP contribution in [0.5, 0.6) is 5.75 Å². The van der Waals surface area contributed by atoms with Gasteiger partial charge in [-0.15, -0.1) is 11.8 Å². The van der Waals surface area contributed by atoms with E-state index in [1.807, 2.05) is 0 Å². The number of anilines is 2. The number of aliphatic imine (C=N–C) groups is 1. The van der Waals surface area contributed by atoms with Gasteiger partial charge in [-0.05, 0) is 82.8 Å². The number of carbonyl (C=O) groups is 5. The average molecular weight is 971 g/mol. The molecular weight excluding hydrogens is 914 g/mol. The summed E-state index contributed by atoms with van der Waals surface area (Å²) in [5, 5.41) is 5.35. The van der Waals surface area contributed by atoms with E-state index in [1.54, 1.807) is 121 Å². The van der Waals surface area contributed by atoms with Gasteiger partial charge < -0.3 is 44.6 Å². The van der Waals surface area contributed by atoms with Crippen LogP contribution in [0.4, 0.5) is 30.6 Å². The average Bonchev–Trinajstić information content (AvgIpc) is 3.69. The molecule has 0 radical (unpaired) electrons. The minimum absolute atomic E-state index is 0.0135. The number of oxime groups is 1. The summed E-state index contributed by atoms with van der Waals surface area (Å²) in [4.78, 5) is 87.9. The van der Waals surface area contributed by atoms with E-state index >= 15 is 0 Å². The van der Waals surface area contributed by atoms with Crippen molar-refractivity contribution in [3.8, 4) is 5.75 Å². The van der Waals surface area contributed by atoms with Crippen LogP contribution in [0.3, 0.4) is 0 Å². The molecule has 2 aliphatic heterocycles. The number of ether oxygens (including phenoxy) is 4. The number of pyridine rings is 1. The number of nitrogen functional groups attached to an aromatic ring is 1. The van der Waals surface area contributed by atoms with Gasteiger partial charge in [0.2, 0.25) is 17.9 Å². The predicted octanol–water partition coefficient (Wildman–Crippen LogP) is 4.38. The van der Waals surface area contributed by atoms with E-state index in [0.717, 1.165) is 11.5 Å². The molecule has 3 aromatic rings. The van der Waals surface area contributed by atoms with Gasteiger partial charge in [0.25, 0.3) is 18.7 Å². The first kappa shape index (κ1) is 51.4. The Morgan fingerprint density at radius 2 is 1.72 bits per heavy atom. The highest BCUT2D eigenvalue weighted by Gasteiger charge is 2.55. The van der Waals surface area contributed by atoms with Crippen LogP contribution in [0.25, 0.3) is 0 Å². The Morgan fingerprint density at radius 3 is 2.33 bits per heavy atom. The first-order valence-corrected chi connectivity index (χ1v) is 22.7. The van der Waals surface area contributed by atoms with Crippen molar-refractivity contribution in [2.24, 2.45) is 10.1 Å². The number of nitrogens with zero attached hydrogens (tertiary/aromatic N) is 9. The summed E-state index contributed by atoms with van der Waals surface area (Å²) < 4.78 is 41.2. The molecule has 0 saturated carbocycles. The van der Waals surface area contributed by atoms with E-state index in [-0.39, 0.29) is 48.6 Å². The third-order valence-corrected chi connectivity index (χ3v) is 11.3. The number of esters is 1. The number of fused-ring (bicyclic) bond motifs is 1. The standard InChI is InChI=1S/C43H56FN11O10S2/c1-42(2,3)64-40(59)52(9)18-12-20-54(41(60)65-43(4,5)6)29-13-11-19-53(34(29)46-25-51(7)8)21-27-23-66-37-31(47-35(56)30(49-63-24-44)33-48-39(45)67-50-33)36(57)55(37)32(27)38(58)62-22-26-14-16-28(61-10)17-15-26/h11,13-17,19,25,31,37H,12,18,20-24H2,1-10H3,(H2-,45,47,48,50,56)/p+1/b49-30-/t31-,37-/m1/s1. The van der Waals surface area contributed by atoms with Gasteiger partial charge in [-0.25, -0.2) is 23.3 Å². The minimum Gasteiger partial charge on any atom is -0.497 e. The van der Waals surface area contributed by atoms with Crippen molar-refractivity contribution in [2.45, 2.75) is 83.7 Å². The second-order valence-corrected chi connectivity index (χ2v) is 19.2. The topological polar surface area (TPSA) is 237 Å². The number of aromatic nitrogens is 3. The molecule has 4 heterocycles. The third-order valence-electron chi connectivity index (χ3n) is 9.41. The molecule has 1 aromatic carbocycles. The highest BCUT2D eigenvalue weighted by atomic mass is 32.2. The van der Waals surface area contributed by atoms with Gasteiger partial charge in [-0.1, -0.05) is 17.3 Å². The molecule has 2 aromatic heterocycles. The zero-order chi connectivity index (χ0) is 49.2. The van der Waals surface area contributed by atoms with Crippen LogP contribution < -0.4 is 25.3 Å². The molecule has 0 unspecified atom stereocenters. The molecule has 1 fully saturated rings. The second-order valence-electron chi connectivity index (χ2n) is 17.3. The van der Waals surface area contributed by atoms with E-state index in [2.05, 4.69) is 24.7 Å². The lowest BCUT2D eigenvalue weighted by Gasteiger charge is -2.49. The van der Waals surface area contributed by atoms with E-state index < -0.39 is 65.2 Å². The zero-order valence-corrected chi connectivity index (χ0v) is 40.7. The summed E-state index contributed by atoms with van der Waals surface area (Å²) in [7, 11) is 6.71. The van der Waals surface area contributed by atoms with E-state index in [1.165, 1.54) is 33.6 Å². The lowest BCUT2D eigenvalue weighted by molar-refractivity contribution is -0.675. The molecule has 0 aliphatic carbocycles. The number of rotatable bonds is 18. The fourth-order valence-corrected chi connectivity index (χ4v) is 8.22. The van der Waals surface area contributed by atoms with Gasteiger partial charge >= 0.3 is 24.0 Å². The fourth-order valence-electron chi connectivity index (χ4n) is 6.45. The summed E-state index contributed by atoms with van der Waals surface area (Å²) in [6.07, 6.45) is 2.43. The van der Waals surface area contributed by atoms with Crippen LogP contribution in [0.15, 0.2) is 64.0 Å². The highest BCUT2D eigenvalue weighted by Crippen LogP contribution is 2.41. The molecule has 2 atom stereocenters. The minimum atomic E-state index is -1.35. The smallest absolute Gasteiger partial charge is 0.415 e. The van der Waals surface area contributed by atoms with Crippen molar-refractivity contribution in [1.82, 2.24) is 29.4 Å². The van der Waals surface area contributed by atoms with Crippen molar-refractivity contribution in [3.63, 3.8) is 0 Å². The molecule has 4 amide bonds. The number of benzene rings is 1. The van der Waals surface area contributed by atoms with E-state index in [9.17, 15) is 28.4 Å². The number of amides is 4. The number of hydrogen-bond donors (Lipinski definition) is 2. The maximum absolute atomic E-state index is 14.3. The van der Waals surface area contributed by atoms with Crippen molar-refractivity contribution < 1.29 is 56.7 Å². The van der Waals surface area contributed by atoms with Crippen LogP contribution in [0.1, 0.15) is 59.4 Å². The number of methoxy groups -OCH3 is 1. The summed E-state index contributed by atoms with van der Waals surface area (Å²) in [5.74, 6) is -1.55. The van der Waals surface area contributed by atoms with Crippen molar-refractivity contribution in [3.05, 3.63) is 65.3 Å². The van der Waals surface area contributed by atoms with Crippen molar-refractivity contribution in [2.75, 3.05) is 64.6 Å². The van der Waals surface area contributed by atoms with Crippen LogP contribution >= 0.6 is 23.3 Å². The Labute approximate surface area is 396 Å². The number of β-lactam (4-membered cyclic amide) rings is 1. The SMILES string of the molecule is COc1ccc(COC(=O)C2=C(C[n+]3cccc(N(CCCN(C)C(=O)OC(C)(C)C)C(=O)OC(C)(C)C)c3/N=C/N(C)C)CS[C@@H]3[C@H](NC(=O)/C(=N\OCF)c4nsc(N)n4)C(=O)N23)cc1. The van der Waals surface area contributed by atoms with Gasteiger partial charge in [0.05, 0.1) is 13.3 Å². The monoisotopic (exact) mass is 970 g/mol. The molecule has 3 N–H and O–H groups in total. The maximum Gasteiger partial charge on any atom is 0.415 e. The predicted molar refractivity (Wildman–Crippen MR) is 248 cm³/mol. The zero-order valence-electron chi connectivity index (χ0n) is 39.1. The van der Waals surface area contributed by atoms with Crippen LogP contribution in [-0.4, -0.2) is 143 Å². The van der Waals surface area contributed by atoms with Crippen molar-refractivity contribution in [1.29, 1.82) is 0 Å². The van der Waals surface area contributed by atoms with Gasteiger partial charge in [0.15, 0.2) is 5.13 Å². The number of carbonyl (C=O) groups excluding carboxylic acids is 5. The largest absolute Gasteiger partial charge is 0.497 e. The molecule has 21 nitrogen and oxygen atoms in total. The lowest BCUT2D eigenvalue weighted by Crippen LogP contribution is -2.71. The summed E-state index contributed by atoms with van der Waals surface area (Å²) in [5.41, 5.74) is 5.05. The lowest BCUT2D eigenvalue weighted by atomic mass is 10.0. The Balaban J connectivity index is 1.52. The summed E-state index contributed by atoms with van der Waals surface area (Å²) in [6, 6.07) is 9.17. The van der Waals surface area contributed by atoms with Gasteiger partial charge in [0, 0.05) is 57.1 Å². The molecule has 67 heavy (non-hydrogen) atoms.